The van der Waals surface area contributed by atoms with Gasteiger partial charge in [-0.15, -0.1) is 0 Å². The summed E-state index contributed by atoms with van der Waals surface area (Å²) in [4.78, 5) is 4.64. The predicted molar refractivity (Wildman–Crippen MR) is 51.1 cm³/mol. The average molecular weight is 179 g/mol. The van der Waals surface area contributed by atoms with E-state index in [2.05, 4.69) is 18.1 Å². The third-order valence-corrected chi connectivity index (χ3v) is 2.96. The largest absolute Gasteiger partial charge is 0.331 e. The molecule has 0 saturated carbocycles. The molecule has 2 heterocycles. The number of aromatic nitrogens is 1. The number of nitrogen functional groups attached to an aromatic ring is 1. The van der Waals surface area contributed by atoms with Crippen LogP contribution in [0.4, 0.5) is 5.82 Å². The minimum absolute atomic E-state index is 0.595. The molecule has 2 rings (SSSR count). The van der Waals surface area contributed by atoms with Gasteiger partial charge in [0.15, 0.2) is 0 Å². The molecular weight excluding hydrogens is 162 g/mol. The van der Waals surface area contributed by atoms with Crippen molar-refractivity contribution in [3.05, 3.63) is 23.9 Å². The van der Waals surface area contributed by atoms with Crippen LogP contribution in [0.2, 0.25) is 0 Å². The SMILES string of the molecule is C[NH+]1CCC[C@H]1c1ccc[nH+]c1N. The molecule has 1 aliphatic heterocycles. The number of nitrogens with one attached hydrogen (secondary N) is 2. The van der Waals surface area contributed by atoms with Crippen LogP contribution < -0.4 is 15.6 Å². The van der Waals surface area contributed by atoms with Crippen LogP contribution in [0, 0.1) is 0 Å². The van der Waals surface area contributed by atoms with Crippen LogP contribution >= 0.6 is 0 Å². The first-order valence-corrected chi connectivity index (χ1v) is 4.87. The molecule has 0 bridgehead atoms. The molecule has 13 heavy (non-hydrogen) atoms. The summed E-state index contributed by atoms with van der Waals surface area (Å²) in [5.41, 5.74) is 7.17. The standard InChI is InChI=1S/C10H15N3/c1-13-7-3-5-9(13)8-4-2-6-12-10(8)11/h2,4,6,9H,3,5,7H2,1H3,(H2,11,12)/p+2/t9-/m0/s1. The number of likely N-dealkylation sites (tertiary alicyclic amines) is 1. The lowest BCUT2D eigenvalue weighted by Crippen LogP contribution is -3.07. The topological polar surface area (TPSA) is 44.6 Å². The molecule has 0 radical (unpaired) electrons. The van der Waals surface area contributed by atoms with Crippen LogP contribution in [0.25, 0.3) is 0 Å². The van der Waals surface area contributed by atoms with Crippen molar-refractivity contribution in [2.45, 2.75) is 18.9 Å². The highest BCUT2D eigenvalue weighted by Gasteiger charge is 2.29. The summed E-state index contributed by atoms with van der Waals surface area (Å²) in [6.07, 6.45) is 4.45. The van der Waals surface area contributed by atoms with Crippen molar-refractivity contribution in [3.8, 4) is 0 Å². The highest BCUT2D eigenvalue weighted by Crippen LogP contribution is 2.20. The Kier molecular flexibility index (Phi) is 2.19. The molecule has 0 aliphatic carbocycles. The fourth-order valence-corrected chi connectivity index (χ4v) is 2.19. The van der Waals surface area contributed by atoms with Gasteiger partial charge in [0.2, 0.25) is 0 Å². The lowest BCUT2D eigenvalue weighted by molar-refractivity contribution is -0.898. The Morgan fingerprint density at radius 1 is 1.62 bits per heavy atom. The maximum Gasteiger partial charge on any atom is 0.279 e. The van der Waals surface area contributed by atoms with Crippen LogP contribution in [-0.4, -0.2) is 13.6 Å². The number of rotatable bonds is 1. The lowest BCUT2D eigenvalue weighted by Gasteiger charge is -2.15. The van der Waals surface area contributed by atoms with E-state index in [0.717, 1.165) is 5.82 Å². The summed E-state index contributed by atoms with van der Waals surface area (Å²) in [5.74, 6) is 0.828. The highest BCUT2D eigenvalue weighted by molar-refractivity contribution is 5.34. The molecule has 1 fully saturated rings. The van der Waals surface area contributed by atoms with E-state index in [-0.39, 0.29) is 0 Å². The zero-order chi connectivity index (χ0) is 9.26. The normalized spacial score (nSPS) is 27.8. The van der Waals surface area contributed by atoms with Crippen molar-refractivity contribution < 1.29 is 9.88 Å². The molecule has 2 atom stereocenters. The molecule has 1 aromatic heterocycles. The monoisotopic (exact) mass is 179 g/mol. The number of anilines is 1. The van der Waals surface area contributed by atoms with Crippen LogP contribution in [0.3, 0.4) is 0 Å². The minimum Gasteiger partial charge on any atom is -0.331 e. The van der Waals surface area contributed by atoms with E-state index in [9.17, 15) is 0 Å². The smallest absolute Gasteiger partial charge is 0.279 e. The first-order chi connectivity index (χ1) is 6.29. The summed E-state index contributed by atoms with van der Waals surface area (Å²) in [5, 5.41) is 0. The fourth-order valence-electron chi connectivity index (χ4n) is 2.19. The third-order valence-electron chi connectivity index (χ3n) is 2.96. The van der Waals surface area contributed by atoms with E-state index in [4.69, 9.17) is 5.73 Å². The number of nitrogens with two attached hydrogens (primary N) is 1. The van der Waals surface area contributed by atoms with E-state index in [0.29, 0.717) is 6.04 Å². The molecule has 0 aromatic carbocycles. The van der Waals surface area contributed by atoms with Crippen LogP contribution in [0.5, 0.6) is 0 Å². The molecule has 70 valence electrons. The number of hydrogen-bond acceptors (Lipinski definition) is 1. The Hall–Kier alpha value is -1.09. The number of hydrogen-bond donors (Lipinski definition) is 2. The van der Waals surface area contributed by atoms with Crippen molar-refractivity contribution in [3.63, 3.8) is 0 Å². The molecule has 4 N–H and O–H groups in total. The van der Waals surface area contributed by atoms with Gasteiger partial charge in [-0.1, -0.05) is 0 Å². The molecule has 0 amide bonds. The van der Waals surface area contributed by atoms with E-state index < -0.39 is 0 Å². The number of quaternary nitrogens is 1. The Bertz CT molecular complexity index is 298. The van der Waals surface area contributed by atoms with E-state index >= 15 is 0 Å². The first kappa shape index (κ1) is 8.51. The quantitative estimate of drug-likeness (QED) is 0.596. The van der Waals surface area contributed by atoms with Gasteiger partial charge in [-0.3, -0.25) is 5.73 Å². The van der Waals surface area contributed by atoms with Gasteiger partial charge >= 0.3 is 0 Å². The zero-order valence-electron chi connectivity index (χ0n) is 8.01. The number of H-pyrrole nitrogens is 1. The summed E-state index contributed by atoms with van der Waals surface area (Å²) in [6.45, 7) is 1.26. The van der Waals surface area contributed by atoms with Gasteiger partial charge in [-0.25, -0.2) is 4.98 Å². The second-order valence-corrected chi connectivity index (χ2v) is 3.83. The molecule has 0 spiro atoms. The van der Waals surface area contributed by atoms with Crippen molar-refractivity contribution in [2.24, 2.45) is 0 Å². The summed E-state index contributed by atoms with van der Waals surface area (Å²) in [6, 6.07) is 4.75. The van der Waals surface area contributed by atoms with Gasteiger partial charge in [-0.2, -0.15) is 0 Å². The summed E-state index contributed by atoms with van der Waals surface area (Å²) in [7, 11) is 2.24. The van der Waals surface area contributed by atoms with Crippen molar-refractivity contribution in [1.82, 2.24) is 0 Å². The summed E-state index contributed by atoms with van der Waals surface area (Å²) >= 11 is 0. The Morgan fingerprint density at radius 3 is 3.08 bits per heavy atom. The fraction of sp³-hybridized carbons (Fsp3) is 0.500. The molecular formula is C10H17N3+2. The lowest BCUT2D eigenvalue weighted by atomic mass is 10.1. The molecule has 3 heteroatoms. The Morgan fingerprint density at radius 2 is 2.46 bits per heavy atom. The maximum atomic E-state index is 5.89. The van der Waals surface area contributed by atoms with Gasteiger partial charge in [0.05, 0.1) is 25.4 Å². The molecule has 1 aromatic rings. The van der Waals surface area contributed by atoms with E-state index in [1.165, 1.54) is 24.9 Å². The maximum absolute atomic E-state index is 5.89. The van der Waals surface area contributed by atoms with Crippen LogP contribution in [-0.2, 0) is 0 Å². The molecule has 1 aliphatic rings. The minimum atomic E-state index is 0.595. The van der Waals surface area contributed by atoms with Gasteiger partial charge < -0.3 is 4.90 Å². The number of aromatic amines is 1. The zero-order valence-corrected chi connectivity index (χ0v) is 8.01. The average Bonchev–Trinajstić information content (AvgIpc) is 2.52. The number of pyridine rings is 1. The molecule has 1 unspecified atom stereocenters. The van der Waals surface area contributed by atoms with Crippen molar-refractivity contribution in [1.29, 1.82) is 0 Å². The van der Waals surface area contributed by atoms with Gasteiger partial charge in [0, 0.05) is 12.8 Å². The van der Waals surface area contributed by atoms with Gasteiger partial charge in [0.1, 0.15) is 6.04 Å². The van der Waals surface area contributed by atoms with Crippen molar-refractivity contribution in [2.75, 3.05) is 19.3 Å². The third kappa shape index (κ3) is 1.52. The molecule has 1 saturated heterocycles. The second kappa shape index (κ2) is 3.34. The predicted octanol–water partition coefficient (Wildman–Crippen LogP) is -0.567. The first-order valence-electron chi connectivity index (χ1n) is 4.87. The Balaban J connectivity index is 2.29. The van der Waals surface area contributed by atoms with Crippen LogP contribution in [0.15, 0.2) is 18.3 Å². The van der Waals surface area contributed by atoms with E-state index in [1.54, 1.807) is 4.90 Å². The second-order valence-electron chi connectivity index (χ2n) is 3.83. The van der Waals surface area contributed by atoms with Gasteiger partial charge in [0.25, 0.3) is 5.82 Å². The van der Waals surface area contributed by atoms with Gasteiger partial charge in [-0.05, 0) is 12.1 Å². The van der Waals surface area contributed by atoms with Crippen LogP contribution in [0.1, 0.15) is 24.4 Å². The van der Waals surface area contributed by atoms with E-state index in [1.807, 2.05) is 12.3 Å². The Labute approximate surface area is 78.6 Å². The molecule has 3 nitrogen and oxygen atoms in total. The summed E-state index contributed by atoms with van der Waals surface area (Å²) < 4.78 is 0. The highest BCUT2D eigenvalue weighted by atomic mass is 15.1. The van der Waals surface area contributed by atoms with Crippen molar-refractivity contribution >= 4 is 5.82 Å².